The largest absolute Gasteiger partial charge is 0.502 e. The van der Waals surface area contributed by atoms with E-state index >= 15 is 0 Å². The molecular weight excluding hydrogens is 274 g/mol. The number of hydrogen-bond donors (Lipinski definition) is 2. The third-order valence-electron chi connectivity index (χ3n) is 3.47. The minimum Gasteiger partial charge on any atom is -0.502 e. The third kappa shape index (κ3) is 4.26. The van der Waals surface area contributed by atoms with Crippen LogP contribution in [-0.2, 0) is 11.2 Å². The van der Waals surface area contributed by atoms with Gasteiger partial charge in [-0.3, -0.25) is 0 Å². The molecule has 0 aromatic heterocycles. The zero-order valence-corrected chi connectivity index (χ0v) is 13.2. The molecule has 2 N–H and O–H groups in total. The molecule has 1 rings (SSSR count). The Hall–Kier alpha value is -1.95. The van der Waals surface area contributed by atoms with E-state index in [9.17, 15) is 15.0 Å². The van der Waals surface area contributed by atoms with E-state index in [1.54, 1.807) is 12.1 Å². The van der Waals surface area contributed by atoms with Gasteiger partial charge in [0.2, 0.25) is 5.75 Å². The maximum Gasteiger partial charge on any atom is 0.362 e. The van der Waals surface area contributed by atoms with Gasteiger partial charge in [0.15, 0.2) is 17.5 Å². The molecule has 0 saturated heterocycles. The van der Waals surface area contributed by atoms with Crippen LogP contribution in [0.1, 0.15) is 12.0 Å². The Morgan fingerprint density at radius 3 is 2.00 bits per heavy atom. The van der Waals surface area contributed by atoms with Crippen molar-refractivity contribution in [1.82, 2.24) is 0 Å². The van der Waals surface area contributed by atoms with E-state index in [2.05, 4.69) is 0 Å². The number of carboxylic acid groups (broad SMARTS) is 1. The summed E-state index contributed by atoms with van der Waals surface area (Å²) in [7, 11) is 8.50. The number of phenols is 1. The number of carboxylic acids is 1. The van der Waals surface area contributed by atoms with Crippen LogP contribution in [0.3, 0.4) is 0 Å². The summed E-state index contributed by atoms with van der Waals surface area (Å²) in [6.45, 7) is 0. The summed E-state index contributed by atoms with van der Waals surface area (Å²) >= 11 is 0. The van der Waals surface area contributed by atoms with Gasteiger partial charge >= 0.3 is 5.97 Å². The van der Waals surface area contributed by atoms with E-state index < -0.39 is 12.0 Å². The van der Waals surface area contributed by atoms with Crippen LogP contribution in [0.5, 0.6) is 17.2 Å². The Morgan fingerprint density at radius 1 is 1.19 bits per heavy atom. The van der Waals surface area contributed by atoms with E-state index in [1.807, 2.05) is 21.1 Å². The molecule has 0 aliphatic carbocycles. The van der Waals surface area contributed by atoms with Gasteiger partial charge in [-0.15, -0.1) is 0 Å². The summed E-state index contributed by atoms with van der Waals surface area (Å²) in [6, 6.07) is 2.90. The number of rotatable bonds is 7. The minimum absolute atomic E-state index is 0.0508. The fourth-order valence-electron chi connectivity index (χ4n) is 2.24. The lowest BCUT2D eigenvalue weighted by Gasteiger charge is -2.31. The summed E-state index contributed by atoms with van der Waals surface area (Å²) in [5.74, 6) is -0.228. The lowest BCUT2D eigenvalue weighted by molar-refractivity contribution is -0.887. The van der Waals surface area contributed by atoms with Crippen molar-refractivity contribution >= 4 is 5.97 Å². The highest BCUT2D eigenvalue weighted by atomic mass is 16.5. The average Bonchev–Trinajstić information content (AvgIpc) is 2.38. The average molecular weight is 298 g/mol. The van der Waals surface area contributed by atoms with Crippen LogP contribution < -0.4 is 9.47 Å². The summed E-state index contributed by atoms with van der Waals surface area (Å²) < 4.78 is 10.5. The zero-order valence-electron chi connectivity index (χ0n) is 13.2. The van der Waals surface area contributed by atoms with Crippen LogP contribution in [0.4, 0.5) is 0 Å². The molecule has 0 radical (unpaired) electrons. The van der Waals surface area contributed by atoms with Crippen LogP contribution in [0.2, 0.25) is 0 Å². The molecule has 0 fully saturated rings. The highest BCUT2D eigenvalue weighted by molar-refractivity contribution is 5.72. The van der Waals surface area contributed by atoms with Crippen molar-refractivity contribution in [3.8, 4) is 17.2 Å². The maximum atomic E-state index is 11.4. The Bertz CT molecular complexity index is 482. The van der Waals surface area contributed by atoms with Crippen molar-refractivity contribution in [3.05, 3.63) is 17.7 Å². The third-order valence-corrected chi connectivity index (χ3v) is 3.47. The molecule has 0 bridgehead atoms. The number of likely N-dealkylation sites (N-methyl/N-ethyl adjacent to an activating group) is 1. The smallest absolute Gasteiger partial charge is 0.362 e. The second-order valence-corrected chi connectivity index (χ2v) is 5.86. The lowest BCUT2D eigenvalue weighted by atomic mass is 10.0. The first-order valence-electron chi connectivity index (χ1n) is 6.68. The molecule has 0 spiro atoms. The van der Waals surface area contributed by atoms with Crippen LogP contribution in [0, 0.1) is 0 Å². The van der Waals surface area contributed by atoms with Crippen LogP contribution in [0.15, 0.2) is 12.1 Å². The molecule has 0 saturated carbocycles. The van der Waals surface area contributed by atoms with Crippen molar-refractivity contribution in [2.45, 2.75) is 18.9 Å². The van der Waals surface area contributed by atoms with Crippen LogP contribution in [0.25, 0.3) is 0 Å². The van der Waals surface area contributed by atoms with Crippen molar-refractivity contribution < 1.29 is 29.0 Å². The Kier molecular flexibility index (Phi) is 5.43. The number of phenolic OH excluding ortho intramolecular Hbond substituents is 1. The molecule has 21 heavy (non-hydrogen) atoms. The molecule has 1 aromatic rings. The first-order chi connectivity index (χ1) is 9.70. The first kappa shape index (κ1) is 17.1. The summed E-state index contributed by atoms with van der Waals surface area (Å²) in [5.41, 5.74) is 0.862. The number of nitrogens with zero attached hydrogens (tertiary/aromatic N) is 1. The van der Waals surface area contributed by atoms with E-state index in [0.29, 0.717) is 28.8 Å². The molecule has 1 atom stereocenters. The van der Waals surface area contributed by atoms with E-state index in [1.165, 1.54) is 14.2 Å². The standard InChI is InChI=1S/C15H23NO5/c1-16(2,3)11(15(18)19)7-6-10-8-12(20-4)14(17)13(9-10)21-5/h8-9,11H,6-7H2,1-5H3,(H-,17,18,19)/p+1/t11-/m0/s1. The molecule has 1 aromatic carbocycles. The van der Waals surface area contributed by atoms with Gasteiger partial charge in [-0.05, 0) is 24.1 Å². The molecule has 118 valence electrons. The van der Waals surface area contributed by atoms with Crippen molar-refractivity contribution in [2.24, 2.45) is 0 Å². The van der Waals surface area contributed by atoms with Gasteiger partial charge in [0.25, 0.3) is 0 Å². The fourth-order valence-corrected chi connectivity index (χ4v) is 2.24. The predicted octanol–water partition coefficient (Wildman–Crippen LogP) is 1.50. The molecule has 0 aliphatic heterocycles. The highest BCUT2D eigenvalue weighted by Crippen LogP contribution is 2.37. The number of methoxy groups -OCH3 is 2. The van der Waals surface area contributed by atoms with Crippen molar-refractivity contribution in [2.75, 3.05) is 35.4 Å². The Labute approximate surface area is 125 Å². The Balaban J connectivity index is 2.95. The number of benzene rings is 1. The van der Waals surface area contributed by atoms with Gasteiger partial charge < -0.3 is 24.2 Å². The number of hydrogen-bond acceptors (Lipinski definition) is 4. The molecule has 0 aliphatic rings. The summed E-state index contributed by atoms with van der Waals surface area (Å²) in [4.78, 5) is 11.4. The molecule has 0 amide bonds. The highest BCUT2D eigenvalue weighted by Gasteiger charge is 2.30. The molecule has 6 nitrogen and oxygen atoms in total. The number of ether oxygens (including phenoxy) is 2. The normalized spacial score (nSPS) is 12.8. The topological polar surface area (TPSA) is 76.0 Å². The molecular formula is C15H24NO5+. The van der Waals surface area contributed by atoms with E-state index in [4.69, 9.17) is 9.47 Å². The second-order valence-electron chi connectivity index (χ2n) is 5.86. The van der Waals surface area contributed by atoms with E-state index in [-0.39, 0.29) is 5.75 Å². The minimum atomic E-state index is -0.819. The van der Waals surface area contributed by atoms with Gasteiger partial charge in [-0.2, -0.15) is 0 Å². The van der Waals surface area contributed by atoms with Gasteiger partial charge in [-0.1, -0.05) is 0 Å². The fraction of sp³-hybridized carbons (Fsp3) is 0.533. The molecule has 0 heterocycles. The van der Waals surface area contributed by atoms with Crippen LogP contribution >= 0.6 is 0 Å². The summed E-state index contributed by atoms with van der Waals surface area (Å²) in [6.07, 6.45) is 1.04. The second kappa shape index (κ2) is 6.67. The quantitative estimate of drug-likeness (QED) is 0.746. The SMILES string of the molecule is COc1cc(CC[C@@H](C(=O)O)[N+](C)(C)C)cc(OC)c1O. The number of quaternary nitrogens is 1. The van der Waals surface area contributed by atoms with Gasteiger partial charge in [0, 0.05) is 6.42 Å². The zero-order chi connectivity index (χ0) is 16.2. The number of aryl methyl sites for hydroxylation is 1. The number of aliphatic carboxylic acids is 1. The monoisotopic (exact) mass is 298 g/mol. The van der Waals surface area contributed by atoms with Crippen LogP contribution in [-0.4, -0.2) is 62.1 Å². The molecule has 0 unspecified atom stereocenters. The van der Waals surface area contributed by atoms with Crippen molar-refractivity contribution in [1.29, 1.82) is 0 Å². The first-order valence-corrected chi connectivity index (χ1v) is 6.68. The summed E-state index contributed by atoms with van der Waals surface area (Å²) in [5, 5.41) is 19.2. The van der Waals surface area contributed by atoms with Crippen molar-refractivity contribution in [3.63, 3.8) is 0 Å². The predicted molar refractivity (Wildman–Crippen MR) is 79.0 cm³/mol. The lowest BCUT2D eigenvalue weighted by Crippen LogP contribution is -2.50. The van der Waals surface area contributed by atoms with Gasteiger partial charge in [-0.25, -0.2) is 4.79 Å². The number of carbonyl (C=O) groups is 1. The van der Waals surface area contributed by atoms with Gasteiger partial charge in [0.05, 0.1) is 35.4 Å². The number of aromatic hydroxyl groups is 1. The maximum absolute atomic E-state index is 11.4. The Morgan fingerprint density at radius 2 is 1.67 bits per heavy atom. The molecule has 6 heteroatoms. The van der Waals surface area contributed by atoms with E-state index in [0.717, 1.165) is 5.56 Å². The van der Waals surface area contributed by atoms with Gasteiger partial charge in [0.1, 0.15) is 0 Å².